The summed E-state index contributed by atoms with van der Waals surface area (Å²) in [6.07, 6.45) is 0. The first-order valence-electron chi connectivity index (χ1n) is 11.5. The molecule has 0 fully saturated rings. The minimum Gasteiger partial charge on any atom is -0.485 e. The number of nitrogens with zero attached hydrogens (tertiary/aromatic N) is 3. The average molecular weight is 548 g/mol. The summed E-state index contributed by atoms with van der Waals surface area (Å²) in [5.74, 6) is 0.00982. The Kier molecular flexibility index (Phi) is 8.31. The van der Waals surface area contributed by atoms with Crippen LogP contribution in [0, 0.1) is 18.3 Å². The predicted octanol–water partition coefficient (Wildman–Crippen LogP) is 6.09. The largest absolute Gasteiger partial charge is 0.485 e. The first kappa shape index (κ1) is 26.7. The van der Waals surface area contributed by atoms with Crippen LogP contribution in [0.3, 0.4) is 0 Å². The molecule has 0 saturated carbocycles. The highest BCUT2D eigenvalue weighted by molar-refractivity contribution is 6.36. The number of hydrogen-bond donors (Lipinski definition) is 2. The average Bonchev–Trinajstić information content (AvgIpc) is 2.91. The topological polar surface area (TPSA) is 107 Å². The molecular weight excluding hydrogens is 525 g/mol. The van der Waals surface area contributed by atoms with E-state index in [2.05, 4.69) is 15.6 Å². The second-order valence-electron chi connectivity index (χ2n) is 8.33. The van der Waals surface area contributed by atoms with Gasteiger partial charge in [-0.2, -0.15) is 5.26 Å². The molecule has 0 aliphatic rings. The fourth-order valence-electron chi connectivity index (χ4n) is 3.86. The van der Waals surface area contributed by atoms with Gasteiger partial charge in [0.1, 0.15) is 6.61 Å². The maximum atomic E-state index is 13.2. The number of amides is 3. The molecule has 0 saturated heterocycles. The van der Waals surface area contributed by atoms with Crippen molar-refractivity contribution in [2.45, 2.75) is 13.5 Å². The summed E-state index contributed by atoms with van der Waals surface area (Å²) in [5.41, 5.74) is 3.22. The standard InChI is InChI=1S/C28H23Cl2N5O3/c1-17-27(38-16-21-22(29)10-6-11-23(21)30)26(20-9-3-4-12-24(20)33-17)35(2)25(36)15-32-28(37)34-19-8-5-7-18(13-19)14-31/h3-13H,15-16H2,1-2H3,(H2,32,34,37). The van der Waals surface area contributed by atoms with E-state index in [1.54, 1.807) is 50.4 Å². The second-order valence-corrected chi connectivity index (χ2v) is 9.15. The lowest BCUT2D eigenvalue weighted by molar-refractivity contribution is -0.117. The third-order valence-corrected chi connectivity index (χ3v) is 6.48. The highest BCUT2D eigenvalue weighted by Gasteiger charge is 2.23. The van der Waals surface area contributed by atoms with E-state index in [4.69, 9.17) is 33.2 Å². The number of fused-ring (bicyclic) bond motifs is 1. The van der Waals surface area contributed by atoms with Crippen LogP contribution in [0.5, 0.6) is 5.75 Å². The zero-order chi connectivity index (χ0) is 27.2. The summed E-state index contributed by atoms with van der Waals surface area (Å²) in [6, 6.07) is 20.5. The van der Waals surface area contributed by atoms with Gasteiger partial charge < -0.3 is 20.3 Å². The molecule has 3 aromatic carbocycles. The lowest BCUT2D eigenvalue weighted by atomic mass is 10.1. The molecular formula is C28H23Cl2N5O3. The van der Waals surface area contributed by atoms with Gasteiger partial charge in [0.25, 0.3) is 0 Å². The van der Waals surface area contributed by atoms with Crippen molar-refractivity contribution in [2.75, 3.05) is 23.8 Å². The summed E-state index contributed by atoms with van der Waals surface area (Å²) in [5, 5.41) is 15.8. The number of halogens is 2. The summed E-state index contributed by atoms with van der Waals surface area (Å²) >= 11 is 12.6. The van der Waals surface area contributed by atoms with Crippen LogP contribution >= 0.6 is 23.2 Å². The Morgan fingerprint density at radius 2 is 1.76 bits per heavy atom. The van der Waals surface area contributed by atoms with Crippen molar-refractivity contribution in [3.8, 4) is 11.8 Å². The number of carbonyl (C=O) groups excluding carboxylic acids is 2. The van der Waals surface area contributed by atoms with Gasteiger partial charge >= 0.3 is 6.03 Å². The highest BCUT2D eigenvalue weighted by Crippen LogP contribution is 2.38. The van der Waals surface area contributed by atoms with E-state index in [1.165, 1.54) is 11.0 Å². The molecule has 8 nitrogen and oxygen atoms in total. The summed E-state index contributed by atoms with van der Waals surface area (Å²) in [7, 11) is 1.61. The van der Waals surface area contributed by atoms with Gasteiger partial charge in [-0.25, -0.2) is 9.78 Å². The minimum absolute atomic E-state index is 0.0663. The predicted molar refractivity (Wildman–Crippen MR) is 149 cm³/mol. The number of rotatable bonds is 7. The Morgan fingerprint density at radius 3 is 2.50 bits per heavy atom. The van der Waals surface area contributed by atoms with Crippen molar-refractivity contribution < 1.29 is 14.3 Å². The van der Waals surface area contributed by atoms with Gasteiger partial charge in [-0.15, -0.1) is 0 Å². The molecule has 0 atom stereocenters. The molecule has 0 radical (unpaired) electrons. The van der Waals surface area contributed by atoms with Crippen LogP contribution in [0.1, 0.15) is 16.8 Å². The van der Waals surface area contributed by atoms with E-state index in [0.717, 1.165) is 0 Å². The Bertz CT molecular complexity index is 1550. The molecule has 1 aromatic heterocycles. The lowest BCUT2D eigenvalue weighted by Crippen LogP contribution is -2.40. The fraction of sp³-hybridized carbons (Fsp3) is 0.143. The van der Waals surface area contributed by atoms with Gasteiger partial charge in [-0.1, -0.05) is 53.5 Å². The van der Waals surface area contributed by atoms with Crippen LogP contribution in [0.4, 0.5) is 16.2 Å². The maximum Gasteiger partial charge on any atom is 0.319 e. The van der Waals surface area contributed by atoms with E-state index in [9.17, 15) is 9.59 Å². The molecule has 0 spiro atoms. The first-order chi connectivity index (χ1) is 18.3. The Labute approximate surface area is 229 Å². The molecule has 192 valence electrons. The van der Waals surface area contributed by atoms with Crippen molar-refractivity contribution >= 4 is 57.4 Å². The van der Waals surface area contributed by atoms with Crippen molar-refractivity contribution in [3.63, 3.8) is 0 Å². The summed E-state index contributed by atoms with van der Waals surface area (Å²) < 4.78 is 6.17. The zero-order valence-corrected chi connectivity index (χ0v) is 22.1. The van der Waals surface area contributed by atoms with Gasteiger partial charge in [-0.3, -0.25) is 4.79 Å². The van der Waals surface area contributed by atoms with Crippen molar-refractivity contribution in [3.05, 3.63) is 93.6 Å². The van der Waals surface area contributed by atoms with Crippen LogP contribution in [-0.4, -0.2) is 30.5 Å². The SMILES string of the molecule is Cc1nc2ccccc2c(N(C)C(=O)CNC(=O)Nc2cccc(C#N)c2)c1OCc1c(Cl)cccc1Cl. The van der Waals surface area contributed by atoms with E-state index in [1.807, 2.05) is 30.3 Å². The first-order valence-corrected chi connectivity index (χ1v) is 12.3. The third kappa shape index (κ3) is 5.97. The number of urea groups is 1. The number of anilines is 2. The third-order valence-electron chi connectivity index (χ3n) is 5.77. The zero-order valence-electron chi connectivity index (χ0n) is 20.6. The number of para-hydroxylation sites is 1. The fourth-order valence-corrected chi connectivity index (χ4v) is 4.36. The van der Waals surface area contributed by atoms with E-state index in [0.29, 0.717) is 54.9 Å². The minimum atomic E-state index is -0.581. The van der Waals surface area contributed by atoms with Crippen molar-refractivity contribution in [1.29, 1.82) is 5.26 Å². The van der Waals surface area contributed by atoms with Gasteiger partial charge in [0.2, 0.25) is 5.91 Å². The van der Waals surface area contributed by atoms with E-state index < -0.39 is 6.03 Å². The summed E-state index contributed by atoms with van der Waals surface area (Å²) in [6.45, 7) is 1.57. The quantitative estimate of drug-likeness (QED) is 0.291. The van der Waals surface area contributed by atoms with Crippen molar-refractivity contribution in [2.24, 2.45) is 0 Å². The van der Waals surface area contributed by atoms with Crippen molar-refractivity contribution in [1.82, 2.24) is 10.3 Å². The number of nitriles is 1. The monoisotopic (exact) mass is 547 g/mol. The van der Waals surface area contributed by atoms with Crippen LogP contribution in [0.15, 0.2) is 66.7 Å². The van der Waals surface area contributed by atoms with Crippen LogP contribution < -0.4 is 20.3 Å². The molecule has 0 aliphatic heterocycles. The molecule has 4 aromatic rings. The molecule has 3 amide bonds. The Balaban J connectivity index is 1.56. The molecule has 0 bridgehead atoms. The number of likely N-dealkylation sites (N-methyl/N-ethyl adjacent to an activating group) is 1. The molecule has 0 aliphatic carbocycles. The van der Waals surface area contributed by atoms with Gasteiger partial charge in [0.05, 0.1) is 35.1 Å². The molecule has 10 heteroatoms. The Morgan fingerprint density at radius 1 is 1.05 bits per heavy atom. The highest BCUT2D eigenvalue weighted by atomic mass is 35.5. The maximum absolute atomic E-state index is 13.2. The van der Waals surface area contributed by atoms with E-state index >= 15 is 0 Å². The number of aromatic nitrogens is 1. The molecule has 4 rings (SSSR count). The molecule has 0 unspecified atom stereocenters. The lowest BCUT2D eigenvalue weighted by Gasteiger charge is -2.24. The molecule has 1 heterocycles. The number of benzene rings is 3. The molecule has 2 N–H and O–H groups in total. The number of carbonyl (C=O) groups is 2. The number of pyridine rings is 1. The summed E-state index contributed by atoms with van der Waals surface area (Å²) in [4.78, 5) is 31.7. The normalized spacial score (nSPS) is 10.5. The van der Waals surface area contributed by atoms with E-state index in [-0.39, 0.29) is 19.1 Å². The molecule has 38 heavy (non-hydrogen) atoms. The Hall–Kier alpha value is -4.32. The number of nitrogens with one attached hydrogen (secondary N) is 2. The van der Waals surface area contributed by atoms with Gasteiger partial charge in [0, 0.05) is 33.7 Å². The number of aryl methyl sites for hydroxylation is 1. The van der Waals surface area contributed by atoms with Crippen LogP contribution in [0.2, 0.25) is 10.0 Å². The van der Waals surface area contributed by atoms with Crippen LogP contribution in [0.25, 0.3) is 10.9 Å². The second kappa shape index (κ2) is 11.8. The number of hydrogen-bond acceptors (Lipinski definition) is 5. The van der Waals surface area contributed by atoms with Gasteiger partial charge in [-0.05, 0) is 43.3 Å². The number of ether oxygens (including phenoxy) is 1. The smallest absolute Gasteiger partial charge is 0.319 e. The van der Waals surface area contributed by atoms with Gasteiger partial charge in [0.15, 0.2) is 5.75 Å². The van der Waals surface area contributed by atoms with Crippen LogP contribution in [-0.2, 0) is 11.4 Å².